The maximum atomic E-state index is 8.49. The first kappa shape index (κ1) is 11.1. The number of nitrogens with zero attached hydrogens (tertiary/aromatic N) is 3. The van der Waals surface area contributed by atoms with Gasteiger partial charge in [-0.1, -0.05) is 17.3 Å². The highest BCUT2D eigenvalue weighted by Gasteiger charge is 2.06. The Hall–Kier alpha value is -2.35. The Morgan fingerprint density at radius 3 is 2.76 bits per heavy atom. The van der Waals surface area contributed by atoms with Crippen molar-refractivity contribution in [2.24, 2.45) is 0 Å². The van der Waals surface area contributed by atoms with Crippen molar-refractivity contribution in [2.45, 2.75) is 12.8 Å². The van der Waals surface area contributed by atoms with E-state index < -0.39 is 0 Å². The molecule has 1 aromatic carbocycles. The smallest absolute Gasteiger partial charge is 0.231 e. The van der Waals surface area contributed by atoms with Crippen LogP contribution in [0.1, 0.15) is 17.3 Å². The Morgan fingerprint density at radius 2 is 2.12 bits per heavy atom. The lowest BCUT2D eigenvalue weighted by Gasteiger charge is -2.00. The molecule has 0 saturated heterocycles. The quantitative estimate of drug-likeness (QED) is 0.798. The van der Waals surface area contributed by atoms with Gasteiger partial charge in [-0.05, 0) is 17.7 Å². The summed E-state index contributed by atoms with van der Waals surface area (Å²) >= 11 is 0. The van der Waals surface area contributed by atoms with E-state index in [-0.39, 0.29) is 6.42 Å². The minimum absolute atomic E-state index is 0.173. The van der Waals surface area contributed by atoms with Crippen LogP contribution in [0.4, 0.5) is 0 Å². The molecule has 0 saturated carbocycles. The fourth-order valence-corrected chi connectivity index (χ4v) is 1.42. The molecule has 0 fully saturated rings. The fourth-order valence-electron chi connectivity index (χ4n) is 1.42. The number of aromatic nitrogens is 2. The summed E-state index contributed by atoms with van der Waals surface area (Å²) in [4.78, 5) is 4.11. The fraction of sp³-hybridized carbons (Fsp3) is 0.250. The van der Waals surface area contributed by atoms with E-state index in [1.807, 2.05) is 30.3 Å². The normalized spacial score (nSPS) is 9.88. The summed E-state index contributed by atoms with van der Waals surface area (Å²) in [6, 6.07) is 9.60. The zero-order valence-electron chi connectivity index (χ0n) is 9.38. The Kier molecular flexibility index (Phi) is 3.36. The summed E-state index contributed by atoms with van der Waals surface area (Å²) in [5.41, 5.74) is 1.05. The Balaban J connectivity index is 2.06. The van der Waals surface area contributed by atoms with Crippen LogP contribution < -0.4 is 4.74 Å². The van der Waals surface area contributed by atoms with Gasteiger partial charge in [0, 0.05) is 0 Å². The van der Waals surface area contributed by atoms with Gasteiger partial charge in [-0.25, -0.2) is 0 Å². The van der Waals surface area contributed by atoms with Gasteiger partial charge in [0.15, 0.2) is 5.82 Å². The third-order valence-electron chi connectivity index (χ3n) is 2.26. The van der Waals surface area contributed by atoms with Crippen LogP contribution >= 0.6 is 0 Å². The predicted octanol–water partition coefficient (Wildman–Crippen LogP) is 1.74. The van der Waals surface area contributed by atoms with Gasteiger partial charge in [0.05, 0.1) is 26.0 Å². The summed E-state index contributed by atoms with van der Waals surface area (Å²) in [6.45, 7) is 0. The molecule has 17 heavy (non-hydrogen) atoms. The summed E-state index contributed by atoms with van der Waals surface area (Å²) in [7, 11) is 1.63. The van der Waals surface area contributed by atoms with E-state index in [0.717, 1.165) is 11.3 Å². The summed E-state index contributed by atoms with van der Waals surface area (Å²) < 4.78 is 10.1. The molecule has 86 valence electrons. The second-order valence-corrected chi connectivity index (χ2v) is 3.46. The lowest BCUT2D eigenvalue weighted by atomic mass is 10.1. The minimum Gasteiger partial charge on any atom is -0.497 e. The SMILES string of the molecule is COc1ccc(Cc2nc(CC#N)no2)cc1. The lowest BCUT2D eigenvalue weighted by molar-refractivity contribution is 0.380. The molecule has 0 atom stereocenters. The molecule has 1 aromatic heterocycles. The van der Waals surface area contributed by atoms with Crippen molar-refractivity contribution < 1.29 is 9.26 Å². The van der Waals surface area contributed by atoms with Gasteiger partial charge in [-0.2, -0.15) is 10.2 Å². The van der Waals surface area contributed by atoms with Gasteiger partial charge in [-0.15, -0.1) is 0 Å². The van der Waals surface area contributed by atoms with Crippen LogP contribution in [0, 0.1) is 11.3 Å². The number of benzene rings is 1. The topological polar surface area (TPSA) is 71.9 Å². The van der Waals surface area contributed by atoms with Crippen LogP contribution in [0.25, 0.3) is 0 Å². The number of nitriles is 1. The Bertz CT molecular complexity index is 525. The number of ether oxygens (including phenoxy) is 1. The number of rotatable bonds is 4. The van der Waals surface area contributed by atoms with Gasteiger partial charge in [-0.3, -0.25) is 0 Å². The predicted molar refractivity (Wildman–Crippen MR) is 59.4 cm³/mol. The van der Waals surface area contributed by atoms with E-state index in [4.69, 9.17) is 14.5 Å². The highest BCUT2D eigenvalue weighted by atomic mass is 16.5. The van der Waals surface area contributed by atoms with Gasteiger partial charge in [0.25, 0.3) is 0 Å². The first-order valence-corrected chi connectivity index (χ1v) is 5.13. The van der Waals surface area contributed by atoms with Crippen molar-refractivity contribution in [3.8, 4) is 11.8 Å². The maximum Gasteiger partial charge on any atom is 0.231 e. The van der Waals surface area contributed by atoms with E-state index in [2.05, 4.69) is 10.1 Å². The Morgan fingerprint density at radius 1 is 1.35 bits per heavy atom. The first-order chi connectivity index (χ1) is 8.31. The van der Waals surface area contributed by atoms with E-state index >= 15 is 0 Å². The van der Waals surface area contributed by atoms with Crippen molar-refractivity contribution in [1.82, 2.24) is 10.1 Å². The van der Waals surface area contributed by atoms with Gasteiger partial charge in [0.2, 0.25) is 5.89 Å². The summed E-state index contributed by atoms with van der Waals surface area (Å²) in [6.07, 6.45) is 0.731. The number of methoxy groups -OCH3 is 1. The molecule has 5 nitrogen and oxygen atoms in total. The first-order valence-electron chi connectivity index (χ1n) is 5.13. The molecule has 0 spiro atoms. The standard InChI is InChI=1S/C12H11N3O2/c1-16-10-4-2-9(3-5-10)8-12-14-11(6-7-13)15-17-12/h2-5H,6,8H2,1H3. The average Bonchev–Trinajstić information content (AvgIpc) is 2.78. The zero-order valence-corrected chi connectivity index (χ0v) is 9.38. The van der Waals surface area contributed by atoms with E-state index in [1.54, 1.807) is 7.11 Å². The molecule has 0 bridgehead atoms. The van der Waals surface area contributed by atoms with Crippen LogP contribution in [0.3, 0.4) is 0 Å². The molecule has 2 rings (SSSR count). The molecule has 0 aliphatic carbocycles. The highest BCUT2D eigenvalue weighted by molar-refractivity contribution is 5.28. The van der Waals surface area contributed by atoms with E-state index in [0.29, 0.717) is 18.1 Å². The second kappa shape index (κ2) is 5.12. The largest absolute Gasteiger partial charge is 0.497 e. The number of hydrogen-bond acceptors (Lipinski definition) is 5. The van der Waals surface area contributed by atoms with Crippen molar-refractivity contribution in [1.29, 1.82) is 5.26 Å². The van der Waals surface area contributed by atoms with Crippen LogP contribution in [0.5, 0.6) is 5.75 Å². The van der Waals surface area contributed by atoms with Crippen molar-refractivity contribution in [3.05, 3.63) is 41.5 Å². The molecule has 0 N–H and O–H groups in total. The maximum absolute atomic E-state index is 8.49. The third kappa shape index (κ3) is 2.82. The van der Waals surface area contributed by atoms with Gasteiger partial charge in [0.1, 0.15) is 5.75 Å². The average molecular weight is 229 g/mol. The molecule has 0 unspecified atom stereocenters. The lowest BCUT2D eigenvalue weighted by Crippen LogP contribution is -1.90. The monoisotopic (exact) mass is 229 g/mol. The molecule has 2 aromatic rings. The summed E-state index contributed by atoms with van der Waals surface area (Å²) in [5.74, 6) is 1.75. The Labute approximate surface area is 98.6 Å². The molecule has 0 amide bonds. The molecular formula is C12H11N3O2. The molecule has 5 heteroatoms. The summed E-state index contributed by atoms with van der Waals surface area (Å²) in [5, 5.41) is 12.2. The van der Waals surface area contributed by atoms with Crippen LogP contribution in [0.2, 0.25) is 0 Å². The van der Waals surface area contributed by atoms with Crippen molar-refractivity contribution in [3.63, 3.8) is 0 Å². The van der Waals surface area contributed by atoms with E-state index in [9.17, 15) is 0 Å². The molecule has 0 aliphatic heterocycles. The van der Waals surface area contributed by atoms with E-state index in [1.165, 1.54) is 0 Å². The van der Waals surface area contributed by atoms with Crippen molar-refractivity contribution >= 4 is 0 Å². The van der Waals surface area contributed by atoms with Crippen molar-refractivity contribution in [2.75, 3.05) is 7.11 Å². The number of hydrogen-bond donors (Lipinski definition) is 0. The third-order valence-corrected chi connectivity index (χ3v) is 2.26. The van der Waals surface area contributed by atoms with Gasteiger partial charge >= 0.3 is 0 Å². The highest BCUT2D eigenvalue weighted by Crippen LogP contribution is 2.14. The van der Waals surface area contributed by atoms with Crippen LogP contribution in [-0.2, 0) is 12.8 Å². The van der Waals surface area contributed by atoms with Crippen LogP contribution in [0.15, 0.2) is 28.8 Å². The molecule has 0 radical (unpaired) electrons. The van der Waals surface area contributed by atoms with Gasteiger partial charge < -0.3 is 9.26 Å². The molecule has 1 heterocycles. The molecular weight excluding hydrogens is 218 g/mol. The van der Waals surface area contributed by atoms with Crippen LogP contribution in [-0.4, -0.2) is 17.3 Å². The molecule has 0 aliphatic rings. The minimum atomic E-state index is 0.173. The second-order valence-electron chi connectivity index (χ2n) is 3.46. The zero-order chi connectivity index (χ0) is 12.1.